The van der Waals surface area contributed by atoms with Crippen molar-refractivity contribution in [2.75, 3.05) is 13.2 Å². The summed E-state index contributed by atoms with van der Waals surface area (Å²) >= 11 is 0. The number of hydrogen-bond donors (Lipinski definition) is 2. The fraction of sp³-hybridized carbons (Fsp3) is 0.562. The monoisotopic (exact) mass is 306 g/mol. The van der Waals surface area contributed by atoms with E-state index in [-0.39, 0.29) is 17.3 Å². The molecule has 1 amide bonds. The molecule has 1 saturated carbocycles. The van der Waals surface area contributed by atoms with Crippen LogP contribution in [0.5, 0.6) is 0 Å². The molecule has 0 spiro atoms. The molecule has 1 aliphatic rings. The van der Waals surface area contributed by atoms with Crippen LogP contribution in [0.25, 0.3) is 0 Å². The highest BCUT2D eigenvalue weighted by Gasteiger charge is 2.13. The number of carbonyl (C=O) groups is 2. The van der Waals surface area contributed by atoms with Crippen molar-refractivity contribution in [3.8, 4) is 0 Å². The molecule has 0 aliphatic heterocycles. The summed E-state index contributed by atoms with van der Waals surface area (Å²) in [5.74, 6) is -1.53. The largest absolute Gasteiger partial charge is 0.477 e. The molecule has 6 nitrogen and oxygen atoms in total. The Morgan fingerprint density at radius 1 is 1.18 bits per heavy atom. The lowest BCUT2D eigenvalue weighted by atomic mass is 10.1. The SMILES string of the molecule is O=C(O)c1cccc(C(=O)NCCOC2CCCCCC2)n1. The fourth-order valence-electron chi connectivity index (χ4n) is 2.57. The average Bonchev–Trinajstić information content (AvgIpc) is 2.80. The van der Waals surface area contributed by atoms with Crippen LogP contribution < -0.4 is 5.32 Å². The molecule has 0 saturated heterocycles. The predicted molar refractivity (Wildman–Crippen MR) is 81.0 cm³/mol. The Labute approximate surface area is 129 Å². The van der Waals surface area contributed by atoms with Crippen LogP contribution in [0.15, 0.2) is 18.2 Å². The summed E-state index contributed by atoms with van der Waals surface area (Å²) in [5, 5.41) is 11.6. The smallest absolute Gasteiger partial charge is 0.354 e. The zero-order valence-corrected chi connectivity index (χ0v) is 12.6. The van der Waals surface area contributed by atoms with Crippen LogP contribution in [0.3, 0.4) is 0 Å². The topological polar surface area (TPSA) is 88.5 Å². The molecule has 0 bridgehead atoms. The van der Waals surface area contributed by atoms with Gasteiger partial charge in [-0.15, -0.1) is 0 Å². The molecular formula is C16H22N2O4. The van der Waals surface area contributed by atoms with E-state index < -0.39 is 5.97 Å². The number of pyridine rings is 1. The molecule has 1 aromatic heterocycles. The molecule has 1 heterocycles. The van der Waals surface area contributed by atoms with Gasteiger partial charge in [-0.05, 0) is 25.0 Å². The van der Waals surface area contributed by atoms with Gasteiger partial charge in [-0.2, -0.15) is 0 Å². The van der Waals surface area contributed by atoms with Crippen molar-refractivity contribution in [3.05, 3.63) is 29.6 Å². The molecule has 2 rings (SSSR count). The van der Waals surface area contributed by atoms with E-state index in [4.69, 9.17) is 9.84 Å². The van der Waals surface area contributed by atoms with Crippen LogP contribution in [-0.2, 0) is 4.74 Å². The number of amides is 1. The van der Waals surface area contributed by atoms with Crippen molar-refractivity contribution in [1.29, 1.82) is 0 Å². The Kier molecular flexibility index (Phi) is 6.33. The molecule has 0 unspecified atom stereocenters. The zero-order chi connectivity index (χ0) is 15.8. The molecule has 0 radical (unpaired) electrons. The van der Waals surface area contributed by atoms with Gasteiger partial charge in [-0.3, -0.25) is 4.79 Å². The number of aromatic carboxylic acids is 1. The second-order valence-corrected chi connectivity index (χ2v) is 5.45. The molecule has 1 fully saturated rings. The fourth-order valence-corrected chi connectivity index (χ4v) is 2.57. The number of nitrogens with zero attached hydrogens (tertiary/aromatic N) is 1. The Morgan fingerprint density at radius 2 is 1.86 bits per heavy atom. The first-order valence-corrected chi connectivity index (χ1v) is 7.77. The lowest BCUT2D eigenvalue weighted by molar-refractivity contribution is 0.0441. The van der Waals surface area contributed by atoms with Crippen LogP contribution in [0, 0.1) is 0 Å². The first-order chi connectivity index (χ1) is 10.7. The van der Waals surface area contributed by atoms with Gasteiger partial charge >= 0.3 is 5.97 Å². The van der Waals surface area contributed by atoms with E-state index in [1.165, 1.54) is 43.9 Å². The number of carbonyl (C=O) groups excluding carboxylic acids is 1. The molecule has 0 atom stereocenters. The van der Waals surface area contributed by atoms with Gasteiger partial charge in [0, 0.05) is 6.54 Å². The number of ether oxygens (including phenoxy) is 1. The number of aromatic nitrogens is 1. The van der Waals surface area contributed by atoms with Crippen molar-refractivity contribution in [2.24, 2.45) is 0 Å². The molecule has 22 heavy (non-hydrogen) atoms. The molecule has 1 aliphatic carbocycles. The van der Waals surface area contributed by atoms with E-state index in [0.717, 1.165) is 12.8 Å². The Bertz CT molecular complexity index is 511. The second-order valence-electron chi connectivity index (χ2n) is 5.45. The number of rotatable bonds is 6. The molecular weight excluding hydrogens is 284 g/mol. The Morgan fingerprint density at radius 3 is 2.55 bits per heavy atom. The van der Waals surface area contributed by atoms with E-state index in [1.54, 1.807) is 0 Å². The van der Waals surface area contributed by atoms with E-state index in [9.17, 15) is 9.59 Å². The maximum absolute atomic E-state index is 11.9. The summed E-state index contributed by atoms with van der Waals surface area (Å²) in [6, 6.07) is 4.36. The summed E-state index contributed by atoms with van der Waals surface area (Å²) in [6.07, 6.45) is 7.47. The molecule has 2 N–H and O–H groups in total. The minimum absolute atomic E-state index is 0.106. The Hall–Kier alpha value is -1.95. The highest BCUT2D eigenvalue weighted by molar-refractivity contribution is 5.94. The van der Waals surface area contributed by atoms with E-state index in [1.807, 2.05) is 0 Å². The van der Waals surface area contributed by atoms with Crippen molar-refractivity contribution >= 4 is 11.9 Å². The molecule has 6 heteroatoms. The zero-order valence-electron chi connectivity index (χ0n) is 12.6. The van der Waals surface area contributed by atoms with Gasteiger partial charge in [-0.25, -0.2) is 9.78 Å². The second kappa shape index (κ2) is 8.48. The standard InChI is InChI=1S/C16H22N2O4/c19-15(13-8-5-9-14(18-13)16(20)21)17-10-11-22-12-6-3-1-2-4-7-12/h5,8-9,12H,1-4,6-7,10-11H2,(H,17,19)(H,20,21). The minimum Gasteiger partial charge on any atom is -0.477 e. The van der Waals surface area contributed by atoms with Gasteiger partial charge in [0.15, 0.2) is 0 Å². The number of nitrogens with one attached hydrogen (secondary N) is 1. The quantitative estimate of drug-likeness (QED) is 0.621. The number of carboxylic acid groups (broad SMARTS) is 1. The first-order valence-electron chi connectivity index (χ1n) is 7.77. The van der Waals surface area contributed by atoms with Crippen LogP contribution in [0.1, 0.15) is 59.5 Å². The first kappa shape index (κ1) is 16.4. The van der Waals surface area contributed by atoms with Crippen LogP contribution in [0.2, 0.25) is 0 Å². The highest BCUT2D eigenvalue weighted by Crippen LogP contribution is 2.19. The number of hydrogen-bond acceptors (Lipinski definition) is 4. The Balaban J connectivity index is 1.73. The summed E-state index contributed by atoms with van der Waals surface area (Å²) in [7, 11) is 0. The van der Waals surface area contributed by atoms with E-state index in [2.05, 4.69) is 10.3 Å². The lowest BCUT2D eigenvalue weighted by Gasteiger charge is -2.15. The summed E-state index contributed by atoms with van der Waals surface area (Å²) in [6.45, 7) is 0.864. The van der Waals surface area contributed by atoms with Crippen LogP contribution in [-0.4, -0.2) is 41.2 Å². The van der Waals surface area contributed by atoms with Gasteiger partial charge < -0.3 is 15.2 Å². The normalized spacial score (nSPS) is 16.0. The minimum atomic E-state index is -1.15. The third kappa shape index (κ3) is 5.11. The van der Waals surface area contributed by atoms with Crippen molar-refractivity contribution in [2.45, 2.75) is 44.6 Å². The lowest BCUT2D eigenvalue weighted by Crippen LogP contribution is -2.29. The van der Waals surface area contributed by atoms with Gasteiger partial charge in [0.1, 0.15) is 11.4 Å². The third-order valence-electron chi connectivity index (χ3n) is 3.74. The van der Waals surface area contributed by atoms with Crippen LogP contribution >= 0.6 is 0 Å². The maximum atomic E-state index is 11.9. The highest BCUT2D eigenvalue weighted by atomic mass is 16.5. The van der Waals surface area contributed by atoms with Gasteiger partial charge in [0.25, 0.3) is 5.91 Å². The van der Waals surface area contributed by atoms with E-state index >= 15 is 0 Å². The predicted octanol–water partition coefficient (Wildman–Crippen LogP) is 2.25. The number of carboxylic acids is 1. The molecule has 120 valence electrons. The molecule has 0 aromatic carbocycles. The van der Waals surface area contributed by atoms with Crippen molar-refractivity contribution in [3.63, 3.8) is 0 Å². The van der Waals surface area contributed by atoms with Crippen molar-refractivity contribution in [1.82, 2.24) is 10.3 Å². The summed E-state index contributed by atoms with van der Waals surface area (Å²) < 4.78 is 5.78. The van der Waals surface area contributed by atoms with Gasteiger partial charge in [-0.1, -0.05) is 31.7 Å². The summed E-state index contributed by atoms with van der Waals surface area (Å²) in [5.41, 5.74) is -0.0308. The third-order valence-corrected chi connectivity index (χ3v) is 3.74. The van der Waals surface area contributed by atoms with Crippen molar-refractivity contribution < 1.29 is 19.4 Å². The van der Waals surface area contributed by atoms with Gasteiger partial charge in [0.2, 0.25) is 0 Å². The van der Waals surface area contributed by atoms with Gasteiger partial charge in [0.05, 0.1) is 12.7 Å². The summed E-state index contributed by atoms with van der Waals surface area (Å²) in [4.78, 5) is 26.5. The van der Waals surface area contributed by atoms with E-state index in [0.29, 0.717) is 19.3 Å². The molecule has 1 aromatic rings. The maximum Gasteiger partial charge on any atom is 0.354 e. The average molecular weight is 306 g/mol. The van der Waals surface area contributed by atoms with Crippen LogP contribution in [0.4, 0.5) is 0 Å².